The summed E-state index contributed by atoms with van der Waals surface area (Å²) in [5, 5.41) is 11.4. The number of rotatable bonds is 5. The SMILES string of the molecule is Cc1ocnc1C(=O)N[C@@H](CC(C)C)C(=O)O. The minimum absolute atomic E-state index is 0.125. The lowest BCUT2D eigenvalue weighted by Crippen LogP contribution is -2.41. The summed E-state index contributed by atoms with van der Waals surface area (Å²) in [4.78, 5) is 26.4. The number of amides is 1. The van der Waals surface area contributed by atoms with Gasteiger partial charge < -0.3 is 14.8 Å². The normalized spacial score (nSPS) is 12.5. The third-order valence-electron chi connectivity index (χ3n) is 2.27. The van der Waals surface area contributed by atoms with Gasteiger partial charge in [-0.1, -0.05) is 13.8 Å². The number of nitrogens with zero attached hydrogens (tertiary/aromatic N) is 1. The molecule has 0 aliphatic heterocycles. The molecular weight excluding hydrogens is 224 g/mol. The molecule has 94 valence electrons. The quantitative estimate of drug-likeness (QED) is 0.807. The summed E-state index contributed by atoms with van der Waals surface area (Å²) in [6, 6.07) is -0.904. The molecule has 0 saturated carbocycles. The van der Waals surface area contributed by atoms with Crippen LogP contribution in [0.2, 0.25) is 0 Å². The average Bonchev–Trinajstić information content (AvgIpc) is 2.62. The summed E-state index contributed by atoms with van der Waals surface area (Å²) in [5.41, 5.74) is 0.125. The molecule has 0 radical (unpaired) electrons. The molecule has 1 aromatic rings. The number of aliphatic carboxylic acids is 1. The van der Waals surface area contributed by atoms with Gasteiger partial charge in [0.05, 0.1) is 0 Å². The van der Waals surface area contributed by atoms with E-state index in [1.807, 2.05) is 13.8 Å². The van der Waals surface area contributed by atoms with Crippen LogP contribution in [0, 0.1) is 12.8 Å². The molecule has 6 nitrogen and oxygen atoms in total. The van der Waals surface area contributed by atoms with Crippen LogP contribution in [0.25, 0.3) is 0 Å². The largest absolute Gasteiger partial charge is 0.480 e. The Morgan fingerprint density at radius 2 is 2.18 bits per heavy atom. The Labute approximate surface area is 99.0 Å². The van der Waals surface area contributed by atoms with E-state index in [1.165, 1.54) is 0 Å². The third-order valence-corrected chi connectivity index (χ3v) is 2.27. The zero-order chi connectivity index (χ0) is 13.0. The van der Waals surface area contributed by atoms with Crippen molar-refractivity contribution in [1.29, 1.82) is 0 Å². The standard InChI is InChI=1S/C11H16N2O4/c1-6(2)4-8(11(15)16)13-10(14)9-7(3)17-5-12-9/h5-6,8H,4H2,1-3H3,(H,13,14)(H,15,16)/t8-/m0/s1. The maximum atomic E-state index is 11.7. The van der Waals surface area contributed by atoms with Crippen LogP contribution in [0.4, 0.5) is 0 Å². The highest BCUT2D eigenvalue weighted by atomic mass is 16.4. The molecule has 0 fully saturated rings. The van der Waals surface area contributed by atoms with Crippen LogP contribution >= 0.6 is 0 Å². The second kappa shape index (κ2) is 5.47. The Balaban J connectivity index is 2.71. The van der Waals surface area contributed by atoms with E-state index in [0.717, 1.165) is 6.39 Å². The number of carboxylic acid groups (broad SMARTS) is 1. The van der Waals surface area contributed by atoms with Gasteiger partial charge in [0.1, 0.15) is 11.8 Å². The lowest BCUT2D eigenvalue weighted by Gasteiger charge is -2.15. The molecule has 1 rings (SSSR count). The van der Waals surface area contributed by atoms with Gasteiger partial charge in [-0.15, -0.1) is 0 Å². The first kappa shape index (κ1) is 13.2. The molecule has 1 aromatic heterocycles. The maximum absolute atomic E-state index is 11.7. The molecule has 0 aromatic carbocycles. The predicted molar refractivity (Wildman–Crippen MR) is 59.6 cm³/mol. The number of nitrogens with one attached hydrogen (secondary N) is 1. The average molecular weight is 240 g/mol. The van der Waals surface area contributed by atoms with Gasteiger partial charge in [-0.05, 0) is 19.3 Å². The zero-order valence-electron chi connectivity index (χ0n) is 10.1. The van der Waals surface area contributed by atoms with Gasteiger partial charge in [-0.2, -0.15) is 0 Å². The van der Waals surface area contributed by atoms with Crippen LogP contribution in [-0.4, -0.2) is 28.0 Å². The first-order valence-corrected chi connectivity index (χ1v) is 5.35. The number of hydrogen-bond acceptors (Lipinski definition) is 4. The van der Waals surface area contributed by atoms with E-state index in [2.05, 4.69) is 10.3 Å². The molecule has 2 N–H and O–H groups in total. The van der Waals surface area contributed by atoms with Gasteiger partial charge >= 0.3 is 5.97 Å². The zero-order valence-corrected chi connectivity index (χ0v) is 10.1. The first-order chi connectivity index (χ1) is 7.91. The Hall–Kier alpha value is -1.85. The molecule has 0 unspecified atom stereocenters. The van der Waals surface area contributed by atoms with Gasteiger partial charge in [0.2, 0.25) is 0 Å². The van der Waals surface area contributed by atoms with Crippen molar-refractivity contribution in [3.63, 3.8) is 0 Å². The third kappa shape index (κ3) is 3.58. The van der Waals surface area contributed by atoms with E-state index < -0.39 is 17.9 Å². The van der Waals surface area contributed by atoms with Crippen molar-refractivity contribution >= 4 is 11.9 Å². The molecule has 17 heavy (non-hydrogen) atoms. The summed E-state index contributed by atoms with van der Waals surface area (Å²) >= 11 is 0. The lowest BCUT2D eigenvalue weighted by molar-refractivity contribution is -0.139. The Kier molecular flexibility index (Phi) is 4.25. The molecule has 0 aliphatic rings. The summed E-state index contributed by atoms with van der Waals surface area (Å²) in [6.45, 7) is 5.38. The Morgan fingerprint density at radius 1 is 1.53 bits per heavy atom. The number of carbonyl (C=O) groups is 2. The number of hydrogen-bond donors (Lipinski definition) is 2. The van der Waals surface area contributed by atoms with Gasteiger partial charge in [0.25, 0.3) is 5.91 Å². The van der Waals surface area contributed by atoms with Crippen molar-refractivity contribution in [2.24, 2.45) is 5.92 Å². The first-order valence-electron chi connectivity index (χ1n) is 5.35. The van der Waals surface area contributed by atoms with Crippen molar-refractivity contribution < 1.29 is 19.1 Å². The summed E-state index contributed by atoms with van der Waals surface area (Å²) in [5.74, 6) is -1.02. The van der Waals surface area contributed by atoms with Crippen molar-refractivity contribution in [3.05, 3.63) is 17.8 Å². The highest BCUT2D eigenvalue weighted by Crippen LogP contribution is 2.08. The Bertz CT molecular complexity index is 411. The highest BCUT2D eigenvalue weighted by molar-refractivity contribution is 5.95. The van der Waals surface area contributed by atoms with Crippen LogP contribution in [0.1, 0.15) is 36.5 Å². The Morgan fingerprint density at radius 3 is 2.59 bits per heavy atom. The van der Waals surface area contributed by atoms with Gasteiger partial charge in [-0.3, -0.25) is 4.79 Å². The predicted octanol–water partition coefficient (Wildman–Crippen LogP) is 1.21. The number of aromatic nitrogens is 1. The summed E-state index contributed by atoms with van der Waals surface area (Å²) in [6.07, 6.45) is 1.53. The molecule has 0 spiro atoms. The van der Waals surface area contributed by atoms with Crippen LogP contribution in [0.3, 0.4) is 0 Å². The van der Waals surface area contributed by atoms with Crippen LogP contribution < -0.4 is 5.32 Å². The number of aryl methyl sites for hydroxylation is 1. The molecule has 0 aliphatic carbocycles. The molecule has 0 saturated heterocycles. The number of carboxylic acids is 1. The minimum atomic E-state index is -1.05. The lowest BCUT2D eigenvalue weighted by atomic mass is 10.0. The maximum Gasteiger partial charge on any atom is 0.326 e. The van der Waals surface area contributed by atoms with Gasteiger partial charge in [0.15, 0.2) is 12.1 Å². The smallest absolute Gasteiger partial charge is 0.326 e. The molecule has 1 heterocycles. The van der Waals surface area contributed by atoms with Crippen molar-refractivity contribution in [3.8, 4) is 0 Å². The summed E-state index contributed by atoms with van der Waals surface area (Å²) in [7, 11) is 0. The van der Waals surface area contributed by atoms with Crippen LogP contribution in [-0.2, 0) is 4.79 Å². The molecule has 6 heteroatoms. The molecule has 1 atom stereocenters. The van der Waals surface area contributed by atoms with Crippen molar-refractivity contribution in [1.82, 2.24) is 10.3 Å². The number of oxazole rings is 1. The van der Waals surface area contributed by atoms with Crippen LogP contribution in [0.5, 0.6) is 0 Å². The molecular formula is C11H16N2O4. The summed E-state index contributed by atoms with van der Waals surface area (Å²) < 4.78 is 4.89. The fourth-order valence-corrected chi connectivity index (χ4v) is 1.44. The second-order valence-corrected chi connectivity index (χ2v) is 4.25. The van der Waals surface area contributed by atoms with Crippen LogP contribution in [0.15, 0.2) is 10.8 Å². The fraction of sp³-hybridized carbons (Fsp3) is 0.545. The second-order valence-electron chi connectivity index (χ2n) is 4.25. The van der Waals surface area contributed by atoms with Gasteiger partial charge in [-0.25, -0.2) is 9.78 Å². The monoisotopic (exact) mass is 240 g/mol. The topological polar surface area (TPSA) is 92.4 Å². The van der Waals surface area contributed by atoms with E-state index in [4.69, 9.17) is 9.52 Å². The number of carbonyl (C=O) groups excluding carboxylic acids is 1. The van der Waals surface area contributed by atoms with Crippen molar-refractivity contribution in [2.45, 2.75) is 33.2 Å². The molecule has 0 bridgehead atoms. The van der Waals surface area contributed by atoms with E-state index in [0.29, 0.717) is 12.2 Å². The van der Waals surface area contributed by atoms with E-state index >= 15 is 0 Å². The highest BCUT2D eigenvalue weighted by Gasteiger charge is 2.23. The van der Waals surface area contributed by atoms with Crippen molar-refractivity contribution in [2.75, 3.05) is 0 Å². The van der Waals surface area contributed by atoms with Gasteiger partial charge in [0, 0.05) is 0 Å². The van der Waals surface area contributed by atoms with E-state index in [-0.39, 0.29) is 11.6 Å². The van der Waals surface area contributed by atoms with E-state index in [9.17, 15) is 9.59 Å². The van der Waals surface area contributed by atoms with E-state index in [1.54, 1.807) is 6.92 Å². The fourth-order valence-electron chi connectivity index (χ4n) is 1.44. The minimum Gasteiger partial charge on any atom is -0.480 e. The molecule has 1 amide bonds.